The number of nitrogens with one attached hydrogen (secondary N) is 1. The van der Waals surface area contributed by atoms with Gasteiger partial charge in [-0.1, -0.05) is 13.3 Å². The Hall–Kier alpha value is -0.830. The van der Waals surface area contributed by atoms with Crippen molar-refractivity contribution in [2.24, 2.45) is 5.92 Å². The second-order valence-corrected chi connectivity index (χ2v) is 5.21. The molecular formula is C14H25N3. The summed E-state index contributed by atoms with van der Waals surface area (Å²) in [7, 11) is 0. The number of hydrogen-bond donors (Lipinski definition) is 1. The van der Waals surface area contributed by atoms with E-state index < -0.39 is 0 Å². The fraction of sp³-hybridized carbons (Fsp3) is 0.786. The van der Waals surface area contributed by atoms with Crippen LogP contribution in [-0.4, -0.2) is 15.8 Å². The van der Waals surface area contributed by atoms with E-state index in [1.807, 2.05) is 10.9 Å². The van der Waals surface area contributed by atoms with Crippen LogP contribution in [0.4, 0.5) is 0 Å². The van der Waals surface area contributed by atoms with Crippen LogP contribution in [0.5, 0.6) is 0 Å². The average molecular weight is 235 g/mol. The molecule has 96 valence electrons. The Kier molecular flexibility index (Phi) is 4.60. The summed E-state index contributed by atoms with van der Waals surface area (Å²) in [4.78, 5) is 0. The van der Waals surface area contributed by atoms with Crippen molar-refractivity contribution in [1.82, 2.24) is 15.1 Å². The fourth-order valence-electron chi connectivity index (χ4n) is 2.71. The topological polar surface area (TPSA) is 29.9 Å². The van der Waals surface area contributed by atoms with Gasteiger partial charge in [0.1, 0.15) is 0 Å². The summed E-state index contributed by atoms with van der Waals surface area (Å²) in [6.07, 6.45) is 11.0. The molecule has 0 saturated heterocycles. The molecule has 3 heteroatoms. The van der Waals surface area contributed by atoms with Crippen molar-refractivity contribution in [2.75, 3.05) is 0 Å². The molecule has 1 aliphatic carbocycles. The molecule has 0 aliphatic heterocycles. The molecule has 0 unspecified atom stereocenters. The minimum Gasteiger partial charge on any atom is -0.310 e. The smallest absolute Gasteiger partial charge is 0.0534 e. The van der Waals surface area contributed by atoms with Gasteiger partial charge in [-0.15, -0.1) is 0 Å². The zero-order valence-corrected chi connectivity index (χ0v) is 11.2. The second kappa shape index (κ2) is 6.20. The minimum absolute atomic E-state index is 0.725. The van der Waals surface area contributed by atoms with Gasteiger partial charge in [0.05, 0.1) is 6.20 Å². The standard InChI is InChI=1S/C14H25N3/c1-3-12-5-7-14(8-6-12)15-9-13-10-16-17(4-2)11-13/h10-12,14-15H,3-9H2,1-2H3. The first-order valence-corrected chi connectivity index (χ1v) is 7.06. The molecule has 3 nitrogen and oxygen atoms in total. The van der Waals surface area contributed by atoms with Crippen LogP contribution in [0.25, 0.3) is 0 Å². The fourth-order valence-corrected chi connectivity index (χ4v) is 2.71. The van der Waals surface area contributed by atoms with Crippen molar-refractivity contribution >= 4 is 0 Å². The monoisotopic (exact) mass is 235 g/mol. The van der Waals surface area contributed by atoms with Crippen LogP contribution in [0, 0.1) is 5.92 Å². The lowest BCUT2D eigenvalue weighted by molar-refractivity contribution is 0.285. The molecule has 1 N–H and O–H groups in total. The van der Waals surface area contributed by atoms with E-state index in [4.69, 9.17) is 0 Å². The summed E-state index contributed by atoms with van der Waals surface area (Å²) in [5, 5.41) is 7.97. The van der Waals surface area contributed by atoms with Gasteiger partial charge in [0.2, 0.25) is 0 Å². The van der Waals surface area contributed by atoms with E-state index in [9.17, 15) is 0 Å². The molecule has 2 rings (SSSR count). The molecule has 1 aliphatic rings. The first kappa shape index (κ1) is 12.6. The van der Waals surface area contributed by atoms with Gasteiger partial charge in [-0.05, 0) is 38.5 Å². The summed E-state index contributed by atoms with van der Waals surface area (Å²) in [6, 6.07) is 0.725. The molecule has 0 aromatic carbocycles. The highest BCUT2D eigenvalue weighted by Crippen LogP contribution is 2.26. The molecule has 1 saturated carbocycles. The van der Waals surface area contributed by atoms with Crippen molar-refractivity contribution in [3.63, 3.8) is 0 Å². The maximum absolute atomic E-state index is 4.30. The van der Waals surface area contributed by atoms with Crippen molar-refractivity contribution in [1.29, 1.82) is 0 Å². The average Bonchev–Trinajstić information content (AvgIpc) is 2.85. The molecule has 1 aromatic heterocycles. The van der Waals surface area contributed by atoms with Crippen LogP contribution in [0.15, 0.2) is 12.4 Å². The minimum atomic E-state index is 0.725. The van der Waals surface area contributed by atoms with Gasteiger partial charge in [0, 0.05) is 30.9 Å². The van der Waals surface area contributed by atoms with Crippen molar-refractivity contribution in [3.05, 3.63) is 18.0 Å². The third-order valence-electron chi connectivity index (χ3n) is 4.03. The molecule has 1 fully saturated rings. The second-order valence-electron chi connectivity index (χ2n) is 5.21. The van der Waals surface area contributed by atoms with Crippen molar-refractivity contribution in [3.8, 4) is 0 Å². The lowest BCUT2D eigenvalue weighted by Gasteiger charge is -2.28. The highest BCUT2D eigenvalue weighted by Gasteiger charge is 2.19. The number of hydrogen-bond acceptors (Lipinski definition) is 2. The van der Waals surface area contributed by atoms with E-state index >= 15 is 0 Å². The van der Waals surface area contributed by atoms with E-state index in [1.165, 1.54) is 37.7 Å². The van der Waals surface area contributed by atoms with Gasteiger partial charge in [-0.2, -0.15) is 5.10 Å². The Bertz CT molecular complexity index is 324. The highest BCUT2D eigenvalue weighted by molar-refractivity contribution is 5.03. The van der Waals surface area contributed by atoms with Gasteiger partial charge in [0.15, 0.2) is 0 Å². The maximum Gasteiger partial charge on any atom is 0.0534 e. The Morgan fingerprint density at radius 2 is 2.06 bits per heavy atom. The van der Waals surface area contributed by atoms with Gasteiger partial charge in [-0.3, -0.25) is 4.68 Å². The molecule has 0 radical (unpaired) electrons. The summed E-state index contributed by atoms with van der Waals surface area (Å²) >= 11 is 0. The molecule has 1 heterocycles. The number of aryl methyl sites for hydroxylation is 1. The molecule has 0 spiro atoms. The largest absolute Gasteiger partial charge is 0.310 e. The molecule has 0 bridgehead atoms. The molecule has 0 amide bonds. The summed E-state index contributed by atoms with van der Waals surface area (Å²) < 4.78 is 1.99. The van der Waals surface area contributed by atoms with Crippen LogP contribution in [-0.2, 0) is 13.1 Å². The predicted octanol–water partition coefficient (Wildman–Crippen LogP) is 2.96. The van der Waals surface area contributed by atoms with Crippen LogP contribution in [0.1, 0.15) is 51.5 Å². The summed E-state index contributed by atoms with van der Waals surface area (Å²) in [5.74, 6) is 0.982. The number of nitrogens with zero attached hydrogens (tertiary/aromatic N) is 2. The number of rotatable bonds is 5. The van der Waals surface area contributed by atoms with Crippen LogP contribution in [0.3, 0.4) is 0 Å². The van der Waals surface area contributed by atoms with Gasteiger partial charge in [0.25, 0.3) is 0 Å². The van der Waals surface area contributed by atoms with E-state index in [1.54, 1.807) is 0 Å². The van der Waals surface area contributed by atoms with E-state index in [0.717, 1.165) is 25.0 Å². The van der Waals surface area contributed by atoms with Gasteiger partial charge < -0.3 is 5.32 Å². The maximum atomic E-state index is 4.30. The van der Waals surface area contributed by atoms with E-state index in [2.05, 4.69) is 30.5 Å². The van der Waals surface area contributed by atoms with Gasteiger partial charge >= 0.3 is 0 Å². The normalized spacial score (nSPS) is 25.1. The molecular weight excluding hydrogens is 210 g/mol. The van der Waals surface area contributed by atoms with Crippen molar-refractivity contribution < 1.29 is 0 Å². The summed E-state index contributed by atoms with van der Waals surface area (Å²) in [6.45, 7) is 6.37. The Morgan fingerprint density at radius 3 is 2.65 bits per heavy atom. The third kappa shape index (κ3) is 3.56. The molecule has 17 heavy (non-hydrogen) atoms. The van der Waals surface area contributed by atoms with Crippen molar-refractivity contribution in [2.45, 2.75) is 65.1 Å². The van der Waals surface area contributed by atoms with Gasteiger partial charge in [-0.25, -0.2) is 0 Å². The van der Waals surface area contributed by atoms with Crippen LogP contribution < -0.4 is 5.32 Å². The Labute approximate surface area is 105 Å². The molecule has 0 atom stereocenters. The lowest BCUT2D eigenvalue weighted by atomic mass is 9.84. The third-order valence-corrected chi connectivity index (χ3v) is 4.03. The highest BCUT2D eigenvalue weighted by atomic mass is 15.3. The van der Waals surface area contributed by atoms with E-state index in [-0.39, 0.29) is 0 Å². The number of aromatic nitrogens is 2. The van der Waals surface area contributed by atoms with Crippen LogP contribution >= 0.6 is 0 Å². The lowest BCUT2D eigenvalue weighted by Crippen LogP contribution is -2.32. The van der Waals surface area contributed by atoms with E-state index in [0.29, 0.717) is 0 Å². The first-order valence-electron chi connectivity index (χ1n) is 7.06. The quantitative estimate of drug-likeness (QED) is 0.850. The first-order chi connectivity index (χ1) is 8.31. The zero-order chi connectivity index (χ0) is 12.1. The Morgan fingerprint density at radius 1 is 1.29 bits per heavy atom. The predicted molar refractivity (Wildman–Crippen MR) is 70.8 cm³/mol. The van der Waals surface area contributed by atoms with Crippen LogP contribution in [0.2, 0.25) is 0 Å². The Balaban J connectivity index is 1.72. The molecule has 1 aromatic rings. The SMILES string of the molecule is CCC1CCC(NCc2cnn(CC)c2)CC1. The zero-order valence-electron chi connectivity index (χ0n) is 11.2. The summed E-state index contributed by atoms with van der Waals surface area (Å²) in [5.41, 5.74) is 1.31.